The van der Waals surface area contributed by atoms with Crippen LogP contribution in [0, 0.1) is 28.6 Å². The number of piperazine rings is 1. The number of likely N-dealkylation sites (tertiary alicyclic amines) is 1. The summed E-state index contributed by atoms with van der Waals surface area (Å²) in [6, 6.07) is 7.49. The first-order chi connectivity index (χ1) is 36.8. The van der Waals surface area contributed by atoms with Gasteiger partial charge in [-0.05, 0) is 93.9 Å². The number of aromatic nitrogens is 3. The van der Waals surface area contributed by atoms with E-state index in [9.17, 15) is 9.59 Å². The second kappa shape index (κ2) is 21.3. The van der Waals surface area contributed by atoms with Crippen molar-refractivity contribution < 1.29 is 38.1 Å². The highest BCUT2D eigenvalue weighted by Crippen LogP contribution is 2.49. The van der Waals surface area contributed by atoms with E-state index in [-0.39, 0.29) is 53.8 Å². The van der Waals surface area contributed by atoms with Crippen molar-refractivity contribution in [2.45, 2.75) is 129 Å². The number of ether oxygens (including phenoxy) is 5. The van der Waals surface area contributed by atoms with E-state index in [0.717, 1.165) is 120 Å². The number of nitrogens with one attached hydrogen (secondary N) is 2. The smallest absolute Gasteiger partial charge is 0.324 e. The Kier molecular flexibility index (Phi) is 14.6. The van der Waals surface area contributed by atoms with Gasteiger partial charge in [-0.25, -0.2) is 10.4 Å². The Morgan fingerprint density at radius 1 is 0.961 bits per heavy atom. The number of carbonyl (C=O) groups is 3. The van der Waals surface area contributed by atoms with E-state index in [2.05, 4.69) is 94.3 Å². The van der Waals surface area contributed by atoms with Crippen LogP contribution in [0.4, 0.5) is 5.69 Å². The zero-order valence-electron chi connectivity index (χ0n) is 45.5. The molecule has 410 valence electrons. The fraction of sp³-hybridized carbons (Fsp3) is 0.672. The van der Waals surface area contributed by atoms with Gasteiger partial charge in [-0.3, -0.25) is 34.2 Å². The van der Waals surface area contributed by atoms with Crippen LogP contribution in [0.2, 0.25) is 0 Å². The van der Waals surface area contributed by atoms with Crippen molar-refractivity contribution in [3.05, 3.63) is 52.1 Å². The van der Waals surface area contributed by atoms with Crippen molar-refractivity contribution in [1.29, 1.82) is 0 Å². The molecule has 3 aromatic heterocycles. The highest BCUT2D eigenvalue weighted by Gasteiger charge is 2.54. The Morgan fingerprint density at radius 2 is 1.75 bits per heavy atom. The van der Waals surface area contributed by atoms with Crippen LogP contribution in [0.5, 0.6) is 0 Å². The molecule has 2 aliphatic carbocycles. The highest BCUT2D eigenvalue weighted by atomic mass is 32.1. The summed E-state index contributed by atoms with van der Waals surface area (Å²) >= 11 is 1.54. The number of fused-ring (bicyclic) bond motifs is 6. The fourth-order valence-electron chi connectivity index (χ4n) is 13.3. The fourth-order valence-corrected chi connectivity index (χ4v) is 14.3. The second-order valence-corrected chi connectivity index (χ2v) is 25.3. The molecular weight excluding hydrogens is 983 g/mol. The number of carbonyl (C=O) groups excluding carboxylic acids is 3. The van der Waals surface area contributed by atoms with Gasteiger partial charge in [-0.2, -0.15) is 0 Å². The third-order valence-corrected chi connectivity index (χ3v) is 19.3. The molecule has 9 heterocycles. The van der Waals surface area contributed by atoms with E-state index >= 15 is 4.79 Å². The van der Waals surface area contributed by atoms with Crippen LogP contribution < -0.4 is 15.6 Å². The minimum Gasteiger partial charge on any atom is -0.464 e. The van der Waals surface area contributed by atoms with Crippen LogP contribution in [-0.2, 0) is 51.0 Å². The topological polar surface area (TPSA) is 165 Å². The predicted octanol–water partition coefficient (Wildman–Crippen LogP) is 6.79. The van der Waals surface area contributed by atoms with Crippen molar-refractivity contribution >= 4 is 45.7 Å². The molecule has 4 aromatic rings. The molecule has 1 aromatic carbocycles. The minimum absolute atomic E-state index is 0.00162. The summed E-state index contributed by atoms with van der Waals surface area (Å²) in [6.07, 6.45) is 8.83. The van der Waals surface area contributed by atoms with Crippen LogP contribution in [0.15, 0.2) is 35.8 Å². The largest absolute Gasteiger partial charge is 0.464 e. The molecule has 12 rings (SSSR count). The van der Waals surface area contributed by atoms with E-state index in [0.29, 0.717) is 65.4 Å². The van der Waals surface area contributed by atoms with Crippen molar-refractivity contribution in [3.8, 4) is 22.5 Å². The Morgan fingerprint density at radius 3 is 2.47 bits per heavy atom. The van der Waals surface area contributed by atoms with Gasteiger partial charge in [0.15, 0.2) is 0 Å². The van der Waals surface area contributed by atoms with E-state index in [1.807, 2.05) is 6.20 Å². The first kappa shape index (κ1) is 52.2. The molecule has 2 N–H and O–H groups in total. The molecule has 0 radical (unpaired) electrons. The number of benzene rings is 1. The van der Waals surface area contributed by atoms with E-state index in [1.165, 1.54) is 24.2 Å². The molecule has 17 nitrogen and oxygen atoms in total. The lowest BCUT2D eigenvalue weighted by Gasteiger charge is -2.52. The number of pyridine rings is 1. The Bertz CT molecular complexity index is 2780. The standard InChI is InChI=1S/C58H79N9O8S/c1-35-36(2)48(35)53(68)61-50-52(65-31-58(32-65)15-24-73-34-58)54-60-46(30-76-54)38-9-12-47-42(26-38)44(28-57(4,5)33-75-56(70)45-8-7-16-67(62-45)55(50)69)51(66(47)21-25-74-41-13-22-72-23-14-41)43-27-40(29-59-49(43)37(3)71-6)64-19-17-63(18-20-64)39-10-11-39/h9,12,26-27,29-30,35-37,39,41,45,48,50,52,62H,7-8,10-11,13-25,28,31-34H2,1-6H3,(H,61,68)/t35-,36+,37-,45-,48?,50-,52-/m0/s1. The number of rotatable bonds is 12. The number of thiazole rings is 1. The average Bonchev–Trinajstić information content (AvgIpc) is 4.18. The number of amides is 2. The Labute approximate surface area is 451 Å². The zero-order chi connectivity index (χ0) is 52.5. The lowest BCUT2D eigenvalue weighted by molar-refractivity contribution is -0.156. The Balaban J connectivity index is 1.00. The van der Waals surface area contributed by atoms with Gasteiger partial charge in [0.2, 0.25) is 5.91 Å². The summed E-state index contributed by atoms with van der Waals surface area (Å²) in [4.78, 5) is 62.2. The molecule has 7 atom stereocenters. The number of esters is 1. The number of hydrazine groups is 1. The number of hydrogen-bond donors (Lipinski definition) is 2. The summed E-state index contributed by atoms with van der Waals surface area (Å²) in [6.45, 7) is 20.4. The first-order valence-corrected chi connectivity index (χ1v) is 29.3. The number of hydrogen-bond acceptors (Lipinski definition) is 15. The second-order valence-electron chi connectivity index (χ2n) is 24.4. The van der Waals surface area contributed by atoms with Gasteiger partial charge in [-0.1, -0.05) is 33.8 Å². The van der Waals surface area contributed by atoms with Crippen LogP contribution >= 0.6 is 11.3 Å². The van der Waals surface area contributed by atoms with E-state index in [1.54, 1.807) is 12.1 Å². The maximum Gasteiger partial charge on any atom is 0.324 e. The van der Waals surface area contributed by atoms with Crippen molar-refractivity contribution in [3.63, 3.8) is 0 Å². The van der Waals surface area contributed by atoms with Gasteiger partial charge in [0, 0.05) is 129 Å². The molecule has 6 aliphatic heterocycles. The monoisotopic (exact) mass is 1060 g/mol. The van der Waals surface area contributed by atoms with Gasteiger partial charge in [-0.15, -0.1) is 11.3 Å². The van der Waals surface area contributed by atoms with Gasteiger partial charge in [0.05, 0.1) is 67.0 Å². The SMILES string of the molecule is CO[C@@H](C)c1ncc(N2CCN(C3CC3)CC2)cc1-c1c2c3cc(ccc3n1CCOC1CCOCC1)-c1csc(n1)[C@@H](N1CC3(CCOC3)C1)[C@H](NC(=O)C1[C@@H](C)[C@H]1C)C(=O)N1CCC[C@H](N1)C(=O)OCC(C)(C)C2. The van der Waals surface area contributed by atoms with Gasteiger partial charge >= 0.3 is 5.97 Å². The summed E-state index contributed by atoms with van der Waals surface area (Å²) in [7, 11) is 1.75. The predicted molar refractivity (Wildman–Crippen MR) is 291 cm³/mol. The molecule has 8 aliphatic rings. The van der Waals surface area contributed by atoms with Crippen LogP contribution in [0.25, 0.3) is 33.4 Å². The summed E-state index contributed by atoms with van der Waals surface area (Å²) in [5, 5.41) is 8.83. The third-order valence-electron chi connectivity index (χ3n) is 18.4. The van der Waals surface area contributed by atoms with Crippen molar-refractivity contribution in [2.24, 2.45) is 28.6 Å². The van der Waals surface area contributed by atoms with Crippen LogP contribution in [-0.4, -0.2) is 164 Å². The first-order valence-electron chi connectivity index (χ1n) is 28.5. The lowest BCUT2D eigenvalue weighted by Crippen LogP contribution is -2.66. The van der Waals surface area contributed by atoms with E-state index < -0.39 is 29.5 Å². The maximum atomic E-state index is 15.3. The molecule has 5 saturated heterocycles. The number of nitrogens with zero attached hydrogens (tertiary/aromatic N) is 7. The number of methoxy groups -OCH3 is 1. The van der Waals surface area contributed by atoms with Gasteiger partial charge in [0.25, 0.3) is 5.91 Å². The third kappa shape index (κ3) is 10.3. The Hall–Kier alpha value is -4.53. The minimum atomic E-state index is -0.963. The summed E-state index contributed by atoms with van der Waals surface area (Å²) in [5.74, 6) is -0.535. The molecule has 7 fully saturated rings. The van der Waals surface area contributed by atoms with Crippen molar-refractivity contribution in [1.82, 2.24) is 40.1 Å². The normalized spacial score (nSPS) is 28.8. The lowest BCUT2D eigenvalue weighted by atomic mass is 9.77. The molecule has 1 spiro atoms. The summed E-state index contributed by atoms with van der Waals surface area (Å²) < 4.78 is 33.3. The molecule has 6 bridgehead atoms. The van der Waals surface area contributed by atoms with Crippen LogP contribution in [0.3, 0.4) is 0 Å². The van der Waals surface area contributed by atoms with Gasteiger partial charge in [0.1, 0.15) is 17.1 Å². The summed E-state index contributed by atoms with van der Waals surface area (Å²) in [5.41, 5.74) is 10.7. The average molecular weight is 1060 g/mol. The zero-order valence-corrected chi connectivity index (χ0v) is 46.3. The van der Waals surface area contributed by atoms with Gasteiger partial charge < -0.3 is 38.5 Å². The number of cyclic esters (lactones) is 1. The number of anilines is 1. The quantitative estimate of drug-likeness (QED) is 0.143. The molecule has 76 heavy (non-hydrogen) atoms. The highest BCUT2D eigenvalue weighted by molar-refractivity contribution is 7.10. The molecular formula is C58H79N9O8S. The molecule has 18 heteroatoms. The van der Waals surface area contributed by atoms with E-state index in [4.69, 9.17) is 33.7 Å². The van der Waals surface area contributed by atoms with Crippen LogP contribution in [0.1, 0.15) is 108 Å². The van der Waals surface area contributed by atoms with Crippen molar-refractivity contribution in [2.75, 3.05) is 97.5 Å². The molecule has 2 saturated carbocycles. The molecule has 1 unspecified atom stereocenters. The molecule has 2 amide bonds. The maximum absolute atomic E-state index is 15.3.